The number of carbonyl (C=O) groups is 2. The second-order valence-electron chi connectivity index (χ2n) is 16.9. The van der Waals surface area contributed by atoms with Gasteiger partial charge in [0.05, 0.1) is 13.2 Å². The zero-order valence-electron chi connectivity index (χ0n) is 32.4. The van der Waals surface area contributed by atoms with E-state index in [1.54, 1.807) is 0 Å². The highest BCUT2D eigenvalue weighted by molar-refractivity contribution is 6.99. The standard InChI is InChI=1S/C42H64O5Si2/c1-28(2)48(29(3)4,30(5)6)47-38-24-23-31(7)40-35(38)25-32(8)41(37(43)26-39(44)45-12)36(40)27-46-49(42(9,10)11,33-19-15-13-16-20-33)34-21-17-14-18-22-34/h13-22,25,28-31,35-36,38,40-41H,23-24,26-27H2,1-12H3/t31-,35-,36-,38-,40+,41+/m0/s1. The molecule has 0 aliphatic heterocycles. The molecule has 0 spiro atoms. The van der Waals surface area contributed by atoms with Gasteiger partial charge in [-0.05, 0) is 69.6 Å². The molecule has 0 heterocycles. The molecule has 49 heavy (non-hydrogen) atoms. The van der Waals surface area contributed by atoms with Crippen molar-refractivity contribution in [2.75, 3.05) is 13.7 Å². The molecule has 0 amide bonds. The van der Waals surface area contributed by atoms with Crippen LogP contribution in [0.3, 0.4) is 0 Å². The number of ether oxygens (including phenoxy) is 1. The molecule has 2 aromatic rings. The van der Waals surface area contributed by atoms with Gasteiger partial charge in [-0.2, -0.15) is 0 Å². The largest absolute Gasteiger partial charge is 0.469 e. The molecule has 270 valence electrons. The van der Waals surface area contributed by atoms with Crippen LogP contribution in [0.25, 0.3) is 0 Å². The van der Waals surface area contributed by atoms with Crippen LogP contribution in [-0.4, -0.2) is 48.2 Å². The lowest BCUT2D eigenvalue weighted by atomic mass is 9.57. The molecule has 1 fully saturated rings. The highest BCUT2D eigenvalue weighted by Gasteiger charge is 2.55. The maximum atomic E-state index is 14.2. The van der Waals surface area contributed by atoms with E-state index in [0.717, 1.165) is 18.4 Å². The van der Waals surface area contributed by atoms with E-state index in [1.807, 2.05) is 0 Å². The van der Waals surface area contributed by atoms with Crippen molar-refractivity contribution in [3.05, 3.63) is 72.3 Å². The number of allylic oxidation sites excluding steroid dienone is 1. The Labute approximate surface area is 299 Å². The molecule has 0 saturated heterocycles. The molecule has 2 aliphatic carbocycles. The molecule has 0 radical (unpaired) electrons. The van der Waals surface area contributed by atoms with E-state index in [0.29, 0.717) is 29.1 Å². The molecule has 2 aromatic carbocycles. The predicted octanol–water partition coefficient (Wildman–Crippen LogP) is 9.11. The number of ketones is 1. The Morgan fingerprint density at radius 1 is 0.837 bits per heavy atom. The molecule has 0 unspecified atom stereocenters. The topological polar surface area (TPSA) is 61.8 Å². The number of esters is 1. The SMILES string of the molecule is COC(=O)CC(=O)[C@@H]1C(C)=C[C@@H]2[C@H]([C@@H]1CO[Si](c1ccccc1)(c1ccccc1)C(C)(C)C)[C@@H](C)CC[C@@H]2O[Si](C(C)C)(C(C)C)C(C)C. The first kappa shape index (κ1) is 39.5. The van der Waals surface area contributed by atoms with E-state index in [2.05, 4.69) is 143 Å². The van der Waals surface area contributed by atoms with Crippen LogP contribution in [-0.2, 0) is 23.2 Å². The second kappa shape index (κ2) is 15.9. The number of methoxy groups -OCH3 is 1. The highest BCUT2D eigenvalue weighted by atomic mass is 28.4. The van der Waals surface area contributed by atoms with Crippen molar-refractivity contribution in [2.24, 2.45) is 29.6 Å². The Hall–Kier alpha value is -2.33. The maximum absolute atomic E-state index is 14.2. The fourth-order valence-corrected chi connectivity index (χ4v) is 20.4. The summed E-state index contributed by atoms with van der Waals surface area (Å²) >= 11 is 0. The van der Waals surface area contributed by atoms with E-state index in [-0.39, 0.29) is 41.1 Å². The molecule has 0 aromatic heterocycles. The van der Waals surface area contributed by atoms with Gasteiger partial charge in [0.15, 0.2) is 5.78 Å². The minimum Gasteiger partial charge on any atom is -0.469 e. The van der Waals surface area contributed by atoms with E-state index in [1.165, 1.54) is 17.5 Å². The number of fused-ring (bicyclic) bond motifs is 1. The highest BCUT2D eigenvalue weighted by Crippen LogP contribution is 2.53. The van der Waals surface area contributed by atoms with Gasteiger partial charge < -0.3 is 13.6 Å². The summed E-state index contributed by atoms with van der Waals surface area (Å²) in [7, 11) is -3.69. The average molecular weight is 705 g/mol. The summed E-state index contributed by atoms with van der Waals surface area (Å²) in [5.41, 5.74) is 2.51. The van der Waals surface area contributed by atoms with Gasteiger partial charge in [0.1, 0.15) is 6.42 Å². The van der Waals surface area contributed by atoms with Crippen LogP contribution in [0.15, 0.2) is 72.3 Å². The van der Waals surface area contributed by atoms with Crippen LogP contribution in [0.2, 0.25) is 21.7 Å². The van der Waals surface area contributed by atoms with Crippen molar-refractivity contribution in [1.82, 2.24) is 0 Å². The second-order valence-corrected chi connectivity index (χ2v) is 26.6. The first-order valence-corrected chi connectivity index (χ1v) is 22.8. The Bertz CT molecular complexity index is 1370. The third kappa shape index (κ3) is 7.66. The zero-order chi connectivity index (χ0) is 36.3. The number of rotatable bonds is 13. The van der Waals surface area contributed by atoms with Gasteiger partial charge in [-0.25, -0.2) is 0 Å². The van der Waals surface area contributed by atoms with Gasteiger partial charge in [0.25, 0.3) is 8.32 Å². The van der Waals surface area contributed by atoms with Gasteiger partial charge >= 0.3 is 5.97 Å². The van der Waals surface area contributed by atoms with Crippen LogP contribution >= 0.6 is 0 Å². The van der Waals surface area contributed by atoms with Gasteiger partial charge in [0, 0.05) is 18.4 Å². The normalized spacial score (nSPS) is 24.9. The summed E-state index contributed by atoms with van der Waals surface area (Å²) in [6, 6.07) is 21.5. The van der Waals surface area contributed by atoms with E-state index < -0.39 is 28.5 Å². The number of hydrogen-bond acceptors (Lipinski definition) is 5. The summed E-state index contributed by atoms with van der Waals surface area (Å²) in [5, 5.41) is 2.26. The number of hydrogen-bond donors (Lipinski definition) is 0. The lowest BCUT2D eigenvalue weighted by molar-refractivity contribution is -0.145. The van der Waals surface area contributed by atoms with Gasteiger partial charge in [-0.3, -0.25) is 9.59 Å². The summed E-state index contributed by atoms with van der Waals surface area (Å²) in [6.07, 6.45) is 4.31. The average Bonchev–Trinajstić information content (AvgIpc) is 3.04. The first-order chi connectivity index (χ1) is 23.0. The molecule has 0 N–H and O–H groups in total. The molecule has 2 aliphatic rings. The Balaban J connectivity index is 1.86. The zero-order valence-corrected chi connectivity index (χ0v) is 34.4. The quantitative estimate of drug-likeness (QED) is 0.0901. The summed E-state index contributed by atoms with van der Waals surface area (Å²) < 4.78 is 20.2. The van der Waals surface area contributed by atoms with Crippen LogP contribution in [0.4, 0.5) is 0 Å². The molecular weight excluding hydrogens is 641 g/mol. The Morgan fingerprint density at radius 3 is 1.80 bits per heavy atom. The van der Waals surface area contributed by atoms with Crippen molar-refractivity contribution in [1.29, 1.82) is 0 Å². The van der Waals surface area contributed by atoms with Crippen molar-refractivity contribution >= 4 is 38.8 Å². The van der Waals surface area contributed by atoms with Gasteiger partial charge in [-0.15, -0.1) is 0 Å². The minimum atomic E-state index is -2.88. The minimum absolute atomic E-state index is 0.0689. The predicted molar refractivity (Wildman–Crippen MR) is 207 cm³/mol. The molecule has 6 atom stereocenters. The molecule has 1 saturated carbocycles. The van der Waals surface area contributed by atoms with E-state index in [4.69, 9.17) is 13.6 Å². The van der Waals surface area contributed by atoms with Gasteiger partial charge in [-0.1, -0.05) is 142 Å². The smallest absolute Gasteiger partial charge is 0.313 e. The lowest BCUT2D eigenvalue weighted by Crippen LogP contribution is -2.67. The molecule has 4 rings (SSSR count). The van der Waals surface area contributed by atoms with Crippen LogP contribution in [0.5, 0.6) is 0 Å². The number of benzene rings is 2. The maximum Gasteiger partial charge on any atom is 0.313 e. The van der Waals surface area contributed by atoms with Crippen LogP contribution in [0.1, 0.15) is 95.4 Å². The van der Waals surface area contributed by atoms with Crippen molar-refractivity contribution in [3.63, 3.8) is 0 Å². The Kier molecular flexibility index (Phi) is 12.8. The number of carbonyl (C=O) groups excluding carboxylic acids is 2. The summed E-state index contributed by atoms with van der Waals surface area (Å²) in [4.78, 5) is 26.7. The lowest BCUT2D eigenvalue weighted by Gasteiger charge is -2.54. The van der Waals surface area contributed by atoms with Crippen LogP contribution < -0.4 is 10.4 Å². The monoisotopic (exact) mass is 704 g/mol. The third-order valence-electron chi connectivity index (χ3n) is 12.2. The third-order valence-corrected chi connectivity index (χ3v) is 23.3. The molecule has 0 bridgehead atoms. The molecule has 5 nitrogen and oxygen atoms in total. The molecular formula is C42H64O5Si2. The molecule has 7 heteroatoms. The Morgan fingerprint density at radius 2 is 1.35 bits per heavy atom. The summed E-state index contributed by atoms with van der Waals surface area (Å²) in [5.74, 6) is -0.312. The van der Waals surface area contributed by atoms with E-state index >= 15 is 0 Å². The van der Waals surface area contributed by atoms with E-state index in [9.17, 15) is 9.59 Å². The number of Topliss-reactive ketones (excluding diaryl/α,β-unsaturated/α-hetero) is 1. The summed E-state index contributed by atoms with van der Waals surface area (Å²) in [6.45, 7) is 26.0. The van der Waals surface area contributed by atoms with Crippen LogP contribution in [0, 0.1) is 29.6 Å². The fourth-order valence-electron chi connectivity index (χ4n) is 10.1. The fraction of sp³-hybridized carbons (Fsp3) is 0.619. The first-order valence-electron chi connectivity index (χ1n) is 18.7. The van der Waals surface area contributed by atoms with Crippen molar-refractivity contribution < 1.29 is 23.2 Å². The van der Waals surface area contributed by atoms with Gasteiger partial charge in [0.2, 0.25) is 8.32 Å². The van der Waals surface area contributed by atoms with Crippen molar-refractivity contribution in [2.45, 2.75) is 123 Å². The van der Waals surface area contributed by atoms with Crippen molar-refractivity contribution in [3.8, 4) is 0 Å².